The number of aliphatic hydroxyl groups excluding tert-OH is 1. The van der Waals surface area contributed by atoms with E-state index in [-0.39, 0.29) is 10.9 Å². The van der Waals surface area contributed by atoms with Crippen LogP contribution in [0.1, 0.15) is 42.7 Å². The van der Waals surface area contributed by atoms with Crippen LogP contribution in [0.25, 0.3) is 10.2 Å². The van der Waals surface area contributed by atoms with Gasteiger partial charge >= 0.3 is 4.87 Å². The Morgan fingerprint density at radius 3 is 2.74 bits per heavy atom. The molecule has 1 aromatic carbocycles. The summed E-state index contributed by atoms with van der Waals surface area (Å²) in [7, 11) is 0. The van der Waals surface area contributed by atoms with Gasteiger partial charge in [0.05, 0.1) is 16.3 Å². The van der Waals surface area contributed by atoms with Gasteiger partial charge in [0.15, 0.2) is 0 Å². The minimum atomic E-state index is -0.746. The molecule has 3 heterocycles. The molecular formula is C20H24N2O3S2. The van der Waals surface area contributed by atoms with Gasteiger partial charge in [-0.05, 0) is 48.4 Å². The number of hydrogen-bond acceptors (Lipinski definition) is 6. The molecule has 7 heteroatoms. The predicted molar refractivity (Wildman–Crippen MR) is 111 cm³/mol. The van der Waals surface area contributed by atoms with Crippen LogP contribution in [0.5, 0.6) is 0 Å². The van der Waals surface area contributed by atoms with Crippen molar-refractivity contribution >= 4 is 32.9 Å². The predicted octanol–water partition coefficient (Wildman–Crippen LogP) is 3.45. The third kappa shape index (κ3) is 3.62. The molecule has 1 saturated heterocycles. The zero-order chi connectivity index (χ0) is 19.0. The average Bonchev–Trinajstić information content (AvgIpc) is 3.32. The van der Waals surface area contributed by atoms with Gasteiger partial charge in [-0.15, -0.1) is 11.3 Å². The molecule has 2 atom stereocenters. The largest absolute Gasteiger partial charge is 0.387 e. The van der Waals surface area contributed by atoms with E-state index in [0.29, 0.717) is 12.8 Å². The van der Waals surface area contributed by atoms with Gasteiger partial charge in [0.2, 0.25) is 0 Å². The Balaban J connectivity index is 1.50. The van der Waals surface area contributed by atoms with Crippen LogP contribution in [0.3, 0.4) is 0 Å². The van der Waals surface area contributed by atoms with Gasteiger partial charge in [-0.2, -0.15) is 0 Å². The molecule has 4 rings (SSSR count). The summed E-state index contributed by atoms with van der Waals surface area (Å²) in [6, 6.07) is 9.65. The molecule has 3 aromatic rings. The molecule has 5 nitrogen and oxygen atoms in total. The van der Waals surface area contributed by atoms with Crippen molar-refractivity contribution < 1.29 is 10.2 Å². The van der Waals surface area contributed by atoms with E-state index in [9.17, 15) is 15.0 Å². The van der Waals surface area contributed by atoms with E-state index in [1.165, 1.54) is 11.3 Å². The maximum Gasteiger partial charge on any atom is 0.305 e. The highest BCUT2D eigenvalue weighted by Crippen LogP contribution is 2.37. The fraction of sp³-hybridized carbons (Fsp3) is 0.450. The second-order valence-electron chi connectivity index (χ2n) is 7.24. The first-order valence-electron chi connectivity index (χ1n) is 9.31. The van der Waals surface area contributed by atoms with E-state index in [4.69, 9.17) is 0 Å². The first-order chi connectivity index (χ1) is 13.0. The fourth-order valence-corrected chi connectivity index (χ4v) is 5.73. The molecule has 1 aliphatic heterocycles. The standard InChI is InChI=1S/C20H24N2O3S2/c1-2-15(18(23)13-5-6-14-16(12-13)27-19(24)21-14)22-9-7-20(25,8-10-22)17-4-3-11-26-17/h3-6,11-12,15,18,23,25H,2,7-10H2,1H3,(H,21,24)/t15-,18-/m0/s1. The van der Waals surface area contributed by atoms with Gasteiger partial charge in [-0.1, -0.05) is 30.4 Å². The van der Waals surface area contributed by atoms with Crippen molar-refractivity contribution in [2.45, 2.75) is 43.9 Å². The summed E-state index contributed by atoms with van der Waals surface area (Å²) in [6.45, 7) is 3.59. The zero-order valence-corrected chi connectivity index (χ0v) is 16.9. The molecule has 1 aliphatic rings. The normalized spacial score (nSPS) is 20.0. The maximum absolute atomic E-state index is 11.5. The fourth-order valence-electron chi connectivity index (χ4n) is 4.06. The lowest BCUT2D eigenvalue weighted by atomic mass is 9.87. The van der Waals surface area contributed by atoms with Gasteiger partial charge in [0.1, 0.15) is 5.60 Å². The molecule has 2 aromatic heterocycles. The Hall–Kier alpha value is -1.51. The molecule has 0 saturated carbocycles. The van der Waals surface area contributed by atoms with Crippen LogP contribution < -0.4 is 4.87 Å². The van der Waals surface area contributed by atoms with E-state index < -0.39 is 11.7 Å². The number of thiazole rings is 1. The molecule has 0 bridgehead atoms. The lowest BCUT2D eigenvalue weighted by molar-refractivity contribution is -0.0520. The molecule has 27 heavy (non-hydrogen) atoms. The van der Waals surface area contributed by atoms with Gasteiger partial charge in [0.25, 0.3) is 0 Å². The molecule has 0 unspecified atom stereocenters. The first-order valence-corrected chi connectivity index (χ1v) is 11.0. The number of nitrogens with one attached hydrogen (secondary N) is 1. The number of aromatic amines is 1. The molecule has 0 spiro atoms. The van der Waals surface area contributed by atoms with Crippen LogP contribution in [0, 0.1) is 0 Å². The Morgan fingerprint density at radius 1 is 1.30 bits per heavy atom. The van der Waals surface area contributed by atoms with Gasteiger partial charge in [-0.3, -0.25) is 9.69 Å². The van der Waals surface area contributed by atoms with E-state index in [1.54, 1.807) is 11.3 Å². The first kappa shape index (κ1) is 18.8. The number of aromatic nitrogens is 1. The second kappa shape index (κ2) is 7.48. The van der Waals surface area contributed by atoms with Crippen molar-refractivity contribution in [2.75, 3.05) is 13.1 Å². The smallest absolute Gasteiger partial charge is 0.305 e. The van der Waals surface area contributed by atoms with E-state index in [2.05, 4.69) is 16.8 Å². The number of aliphatic hydroxyl groups is 2. The van der Waals surface area contributed by atoms with Crippen molar-refractivity contribution in [3.63, 3.8) is 0 Å². The Kier molecular flexibility index (Phi) is 5.22. The number of nitrogens with zero attached hydrogens (tertiary/aromatic N) is 1. The maximum atomic E-state index is 11.5. The average molecular weight is 405 g/mol. The molecular weight excluding hydrogens is 380 g/mol. The summed E-state index contributed by atoms with van der Waals surface area (Å²) < 4.78 is 0.872. The van der Waals surface area contributed by atoms with Crippen molar-refractivity contribution in [3.05, 3.63) is 55.8 Å². The minimum Gasteiger partial charge on any atom is -0.387 e. The van der Waals surface area contributed by atoms with Crippen LogP contribution in [0.2, 0.25) is 0 Å². The molecule has 0 radical (unpaired) electrons. The van der Waals surface area contributed by atoms with Crippen LogP contribution >= 0.6 is 22.7 Å². The number of piperidine rings is 1. The highest BCUT2D eigenvalue weighted by Gasteiger charge is 2.38. The monoisotopic (exact) mass is 404 g/mol. The minimum absolute atomic E-state index is 0.00833. The molecule has 3 N–H and O–H groups in total. The van der Waals surface area contributed by atoms with Gasteiger partial charge in [-0.25, -0.2) is 0 Å². The summed E-state index contributed by atoms with van der Waals surface area (Å²) in [5, 5.41) is 24.0. The van der Waals surface area contributed by atoms with Crippen molar-refractivity contribution in [1.82, 2.24) is 9.88 Å². The highest BCUT2D eigenvalue weighted by atomic mass is 32.1. The number of likely N-dealkylation sites (tertiary alicyclic amines) is 1. The third-order valence-corrected chi connectivity index (χ3v) is 7.55. The van der Waals surface area contributed by atoms with Crippen molar-refractivity contribution in [1.29, 1.82) is 0 Å². The quantitative estimate of drug-likeness (QED) is 0.609. The Labute approximate surface area is 165 Å². The number of fused-ring (bicyclic) bond motifs is 1. The van der Waals surface area contributed by atoms with Gasteiger partial charge in [0, 0.05) is 24.0 Å². The number of hydrogen-bond donors (Lipinski definition) is 3. The van der Waals surface area contributed by atoms with Crippen LogP contribution in [-0.4, -0.2) is 39.2 Å². The third-order valence-electron chi connectivity index (χ3n) is 5.64. The second-order valence-corrected chi connectivity index (χ2v) is 9.20. The van der Waals surface area contributed by atoms with Crippen molar-refractivity contribution in [3.8, 4) is 0 Å². The summed E-state index contributed by atoms with van der Waals surface area (Å²) >= 11 is 2.77. The number of H-pyrrole nitrogens is 1. The summed E-state index contributed by atoms with van der Waals surface area (Å²) in [5.41, 5.74) is 0.904. The van der Waals surface area contributed by atoms with Crippen LogP contribution in [-0.2, 0) is 5.60 Å². The Bertz CT molecular complexity index is 955. The highest BCUT2D eigenvalue weighted by molar-refractivity contribution is 7.16. The molecule has 1 fully saturated rings. The lowest BCUT2D eigenvalue weighted by Gasteiger charge is -2.42. The summed E-state index contributed by atoms with van der Waals surface area (Å²) in [5.74, 6) is 0. The molecule has 0 aliphatic carbocycles. The number of benzene rings is 1. The zero-order valence-electron chi connectivity index (χ0n) is 15.2. The summed E-state index contributed by atoms with van der Waals surface area (Å²) in [4.78, 5) is 17.6. The molecule has 144 valence electrons. The number of thiophene rings is 1. The van der Waals surface area contributed by atoms with Crippen molar-refractivity contribution in [2.24, 2.45) is 0 Å². The van der Waals surface area contributed by atoms with E-state index >= 15 is 0 Å². The van der Waals surface area contributed by atoms with Crippen LogP contribution in [0.4, 0.5) is 0 Å². The molecule has 0 amide bonds. The lowest BCUT2D eigenvalue weighted by Crippen LogP contribution is -2.48. The topological polar surface area (TPSA) is 76.6 Å². The van der Waals surface area contributed by atoms with Gasteiger partial charge < -0.3 is 15.2 Å². The van der Waals surface area contributed by atoms with Crippen LogP contribution in [0.15, 0.2) is 40.5 Å². The number of rotatable bonds is 5. The SMILES string of the molecule is CC[C@@H]([C@@H](O)c1ccc2[nH]c(=O)sc2c1)N1CCC(O)(c2cccs2)CC1. The summed E-state index contributed by atoms with van der Waals surface area (Å²) in [6.07, 6.45) is 1.55. The van der Waals surface area contributed by atoms with E-state index in [1.807, 2.05) is 35.7 Å². The Morgan fingerprint density at radius 2 is 2.07 bits per heavy atom. The van der Waals surface area contributed by atoms with E-state index in [0.717, 1.165) is 40.2 Å².